The lowest BCUT2D eigenvalue weighted by atomic mass is 11.0. The first kappa shape index (κ1) is 11.1. The normalized spacial score (nSPS) is 12.0. The Morgan fingerprint density at radius 2 is 1.91 bits per heavy atom. The molecule has 5 heteroatoms. The smallest absolute Gasteiger partial charge is 0.351 e. The van der Waals surface area contributed by atoms with Crippen LogP contribution >= 0.6 is 0 Å². The van der Waals surface area contributed by atoms with Gasteiger partial charge in [0.2, 0.25) is 0 Å². The van der Waals surface area contributed by atoms with Crippen molar-refractivity contribution >= 4 is 8.56 Å². The molecule has 0 spiro atoms. The highest BCUT2D eigenvalue weighted by molar-refractivity contribution is 6.67. The van der Waals surface area contributed by atoms with E-state index in [0.29, 0.717) is 6.67 Å². The van der Waals surface area contributed by atoms with Crippen LogP contribution in [0.3, 0.4) is 0 Å². The molecule has 68 valence electrons. The molecule has 0 aliphatic rings. The minimum absolute atomic E-state index is 0.474. The van der Waals surface area contributed by atoms with Gasteiger partial charge in [-0.3, -0.25) is 0 Å². The number of rotatable bonds is 6. The van der Waals surface area contributed by atoms with Crippen LogP contribution in [0, 0.1) is 0 Å². The standard InChI is InChI=1S/C6H18N2O2Si/c1-4-11(9-2,10-3)6-8-5-7/h8H,4-7H2,1-3H3. The van der Waals surface area contributed by atoms with Gasteiger partial charge in [-0.2, -0.15) is 0 Å². The van der Waals surface area contributed by atoms with Crippen LogP contribution in [0.2, 0.25) is 6.04 Å². The van der Waals surface area contributed by atoms with Gasteiger partial charge in [-0.1, -0.05) is 6.92 Å². The molecule has 0 amide bonds. The third kappa shape index (κ3) is 3.30. The lowest BCUT2D eigenvalue weighted by Crippen LogP contribution is -2.50. The Bertz CT molecular complexity index is 90.3. The third-order valence-corrected chi connectivity index (χ3v) is 5.18. The van der Waals surface area contributed by atoms with E-state index < -0.39 is 8.56 Å². The van der Waals surface area contributed by atoms with Gasteiger partial charge in [0.1, 0.15) is 0 Å². The molecule has 0 unspecified atom stereocenters. The summed E-state index contributed by atoms with van der Waals surface area (Å²) < 4.78 is 10.7. The summed E-state index contributed by atoms with van der Waals surface area (Å²) in [5.41, 5.74) is 5.30. The van der Waals surface area contributed by atoms with Crippen molar-refractivity contribution in [1.82, 2.24) is 5.32 Å². The Labute approximate surface area is 69.3 Å². The second-order valence-corrected chi connectivity index (χ2v) is 6.00. The molecule has 4 nitrogen and oxygen atoms in total. The largest absolute Gasteiger partial charge is 0.397 e. The van der Waals surface area contributed by atoms with Gasteiger partial charge in [0, 0.05) is 27.1 Å². The molecule has 0 aromatic carbocycles. The van der Waals surface area contributed by atoms with E-state index in [4.69, 9.17) is 14.6 Å². The fourth-order valence-electron chi connectivity index (χ4n) is 0.904. The van der Waals surface area contributed by atoms with Crippen molar-refractivity contribution in [2.24, 2.45) is 5.73 Å². The summed E-state index contributed by atoms with van der Waals surface area (Å²) in [6, 6.07) is 0.938. The van der Waals surface area contributed by atoms with E-state index in [1.807, 2.05) is 0 Å². The molecule has 0 heterocycles. The highest BCUT2D eigenvalue weighted by atomic mass is 28.4. The van der Waals surface area contributed by atoms with Crippen molar-refractivity contribution in [3.63, 3.8) is 0 Å². The molecule has 0 saturated heterocycles. The molecule has 0 aliphatic carbocycles. The molecule has 0 saturated carbocycles. The Kier molecular flexibility index (Phi) is 5.70. The predicted molar refractivity (Wildman–Crippen MR) is 47.3 cm³/mol. The van der Waals surface area contributed by atoms with Gasteiger partial charge in [-0.15, -0.1) is 0 Å². The molecule has 0 aromatic rings. The van der Waals surface area contributed by atoms with Gasteiger partial charge in [0.25, 0.3) is 0 Å². The van der Waals surface area contributed by atoms with Crippen molar-refractivity contribution in [2.75, 3.05) is 27.1 Å². The van der Waals surface area contributed by atoms with Gasteiger partial charge in [0.15, 0.2) is 0 Å². The van der Waals surface area contributed by atoms with Gasteiger partial charge in [-0.25, -0.2) is 0 Å². The Balaban J connectivity index is 3.84. The highest BCUT2D eigenvalue weighted by Gasteiger charge is 2.32. The van der Waals surface area contributed by atoms with Crippen LogP contribution in [0.1, 0.15) is 6.92 Å². The topological polar surface area (TPSA) is 56.5 Å². The third-order valence-electron chi connectivity index (χ3n) is 1.82. The van der Waals surface area contributed by atoms with Crippen LogP contribution in [0.5, 0.6) is 0 Å². The summed E-state index contributed by atoms with van der Waals surface area (Å²) >= 11 is 0. The average molecular weight is 178 g/mol. The van der Waals surface area contributed by atoms with E-state index in [1.165, 1.54) is 0 Å². The van der Waals surface area contributed by atoms with E-state index in [-0.39, 0.29) is 0 Å². The number of hydrogen-bond acceptors (Lipinski definition) is 4. The average Bonchev–Trinajstić information content (AvgIpc) is 2.08. The molecule has 0 radical (unpaired) electrons. The summed E-state index contributed by atoms with van der Waals surface area (Å²) in [6.45, 7) is 2.54. The molecule has 0 bridgehead atoms. The van der Waals surface area contributed by atoms with Crippen LogP contribution in [-0.4, -0.2) is 35.6 Å². The van der Waals surface area contributed by atoms with Crippen molar-refractivity contribution in [3.05, 3.63) is 0 Å². The van der Waals surface area contributed by atoms with Gasteiger partial charge in [0.05, 0.1) is 0 Å². The number of nitrogens with two attached hydrogens (primary N) is 1. The highest BCUT2D eigenvalue weighted by Crippen LogP contribution is 2.08. The molecule has 0 rings (SSSR count). The zero-order valence-electron chi connectivity index (χ0n) is 7.52. The van der Waals surface area contributed by atoms with Gasteiger partial charge < -0.3 is 19.9 Å². The molecule has 11 heavy (non-hydrogen) atoms. The first-order chi connectivity index (χ1) is 5.24. The lowest BCUT2D eigenvalue weighted by Gasteiger charge is -2.25. The maximum absolute atomic E-state index is 5.34. The molecular weight excluding hydrogens is 160 g/mol. The maximum atomic E-state index is 5.34. The van der Waals surface area contributed by atoms with E-state index in [9.17, 15) is 0 Å². The van der Waals surface area contributed by atoms with Crippen LogP contribution in [0.4, 0.5) is 0 Å². The van der Waals surface area contributed by atoms with Crippen molar-refractivity contribution < 1.29 is 8.85 Å². The van der Waals surface area contributed by atoms with Crippen molar-refractivity contribution in [2.45, 2.75) is 13.0 Å². The Morgan fingerprint density at radius 1 is 1.36 bits per heavy atom. The quantitative estimate of drug-likeness (QED) is 0.436. The lowest BCUT2D eigenvalue weighted by molar-refractivity contribution is 0.240. The summed E-state index contributed by atoms with van der Waals surface area (Å²) in [4.78, 5) is 0. The van der Waals surface area contributed by atoms with Gasteiger partial charge in [-0.05, 0) is 6.04 Å². The van der Waals surface area contributed by atoms with E-state index in [2.05, 4.69) is 12.2 Å². The molecule has 0 fully saturated rings. The minimum Gasteiger partial charge on any atom is -0.397 e. The monoisotopic (exact) mass is 178 g/mol. The summed E-state index contributed by atoms with van der Waals surface area (Å²) in [5.74, 6) is 0. The minimum atomic E-state index is -1.93. The van der Waals surface area contributed by atoms with Crippen LogP contribution in [-0.2, 0) is 8.85 Å². The van der Waals surface area contributed by atoms with Gasteiger partial charge >= 0.3 is 8.56 Å². The summed E-state index contributed by atoms with van der Waals surface area (Å²) in [5, 5.41) is 3.03. The second kappa shape index (κ2) is 5.67. The second-order valence-electron chi connectivity index (χ2n) is 2.30. The van der Waals surface area contributed by atoms with E-state index in [0.717, 1.165) is 12.2 Å². The SMILES string of the molecule is CC[Si](CNCN)(OC)OC. The summed E-state index contributed by atoms with van der Waals surface area (Å²) in [7, 11) is 1.45. The first-order valence-electron chi connectivity index (χ1n) is 3.75. The molecule has 3 N–H and O–H groups in total. The Morgan fingerprint density at radius 3 is 2.18 bits per heavy atom. The predicted octanol–water partition coefficient (Wildman–Crippen LogP) is -0.214. The fourth-order valence-corrected chi connectivity index (χ4v) is 2.71. The fraction of sp³-hybridized carbons (Fsp3) is 1.00. The maximum Gasteiger partial charge on any atom is 0.351 e. The molecule has 0 aliphatic heterocycles. The van der Waals surface area contributed by atoms with Crippen molar-refractivity contribution in [1.29, 1.82) is 0 Å². The van der Waals surface area contributed by atoms with Crippen LogP contribution in [0.25, 0.3) is 0 Å². The van der Waals surface area contributed by atoms with Crippen LogP contribution < -0.4 is 11.1 Å². The van der Waals surface area contributed by atoms with Crippen LogP contribution in [0.15, 0.2) is 0 Å². The number of nitrogens with one attached hydrogen (secondary N) is 1. The zero-order chi connectivity index (χ0) is 8.74. The molecule has 0 atom stereocenters. The Hall–Kier alpha value is 0.0569. The van der Waals surface area contributed by atoms with E-state index in [1.54, 1.807) is 14.2 Å². The zero-order valence-corrected chi connectivity index (χ0v) is 8.52. The molecular formula is C6H18N2O2Si. The van der Waals surface area contributed by atoms with Crippen molar-refractivity contribution in [3.8, 4) is 0 Å². The number of hydrogen-bond donors (Lipinski definition) is 2. The molecule has 0 aromatic heterocycles. The summed E-state index contributed by atoms with van der Waals surface area (Å²) in [6.07, 6.45) is 0.757. The first-order valence-corrected chi connectivity index (χ1v) is 5.99. The van der Waals surface area contributed by atoms with E-state index >= 15 is 0 Å².